The molecule has 0 aromatic heterocycles. The van der Waals surface area contributed by atoms with Crippen LogP contribution in [0.2, 0.25) is 0 Å². The maximum Gasteiger partial charge on any atom is 0.236 e. The van der Waals surface area contributed by atoms with Gasteiger partial charge in [0.1, 0.15) is 0 Å². The van der Waals surface area contributed by atoms with Gasteiger partial charge in [0, 0.05) is 19.8 Å². The third-order valence-corrected chi connectivity index (χ3v) is 3.61. The smallest absolute Gasteiger partial charge is 0.236 e. The van der Waals surface area contributed by atoms with Gasteiger partial charge in [-0.25, -0.2) is 0 Å². The quantitative estimate of drug-likeness (QED) is 0.154. The molecule has 0 aliphatic carbocycles. The Balaban J connectivity index is 0. The van der Waals surface area contributed by atoms with Gasteiger partial charge in [0.25, 0.3) is 0 Å². The predicted molar refractivity (Wildman–Crippen MR) is 94.0 cm³/mol. The number of hydrogen-bond acceptors (Lipinski definition) is 5. The van der Waals surface area contributed by atoms with Crippen molar-refractivity contribution in [2.75, 3.05) is 39.4 Å². The molecule has 0 aliphatic heterocycles. The summed E-state index contributed by atoms with van der Waals surface area (Å²) in [7, 11) is 0. The second-order valence-corrected chi connectivity index (χ2v) is 5.34. The summed E-state index contributed by atoms with van der Waals surface area (Å²) in [5.41, 5.74) is 10.6. The van der Waals surface area contributed by atoms with Crippen molar-refractivity contribution in [3.05, 3.63) is 0 Å². The average Bonchev–Trinajstić information content (AvgIpc) is 2.57. The number of hydrogen-bond donors (Lipinski definition) is 3. The van der Waals surface area contributed by atoms with Crippen molar-refractivity contribution in [1.82, 2.24) is 8.03 Å². The zero-order valence-electron chi connectivity index (χ0n) is 14.8. The van der Waals surface area contributed by atoms with Gasteiger partial charge in [-0.2, -0.15) is 0 Å². The molecule has 0 rings (SSSR count). The van der Waals surface area contributed by atoms with Gasteiger partial charge in [0.2, 0.25) is 5.91 Å². The van der Waals surface area contributed by atoms with E-state index in [9.17, 15) is 4.79 Å². The number of likely N-dealkylation sites (N-methyl/N-ethyl adjacent to an activating group) is 1. The van der Waals surface area contributed by atoms with E-state index < -0.39 is 0 Å². The van der Waals surface area contributed by atoms with Crippen LogP contribution in [-0.2, 0) is 14.3 Å². The van der Waals surface area contributed by atoms with Gasteiger partial charge in [0.15, 0.2) is 6.29 Å². The van der Waals surface area contributed by atoms with Crippen LogP contribution in [0.5, 0.6) is 0 Å². The second-order valence-electron chi connectivity index (χ2n) is 4.37. The molecule has 0 spiro atoms. The summed E-state index contributed by atoms with van der Waals surface area (Å²) in [6.07, 6.45) is 0.708. The molecule has 1 amide bonds. The first-order valence-corrected chi connectivity index (χ1v) is 9.88. The molecule has 0 fully saturated rings. The molecule has 9 heteroatoms. The number of nitrogens with two attached hydrogens (primary N) is 2. The minimum atomic E-state index is -0.351. The third kappa shape index (κ3) is 14.8. The van der Waals surface area contributed by atoms with Crippen molar-refractivity contribution >= 4 is 37.9 Å². The Labute approximate surface area is 156 Å². The van der Waals surface area contributed by atoms with Crippen LogP contribution in [0.1, 0.15) is 34.1 Å². The van der Waals surface area contributed by atoms with Crippen molar-refractivity contribution in [2.24, 2.45) is 16.5 Å². The minimum Gasteiger partial charge on any atom is -0.351 e. The van der Waals surface area contributed by atoms with Gasteiger partial charge in [-0.05, 0) is 20.8 Å². The van der Waals surface area contributed by atoms with E-state index in [2.05, 4.69) is 15.0 Å². The van der Waals surface area contributed by atoms with E-state index in [0.29, 0.717) is 32.3 Å². The van der Waals surface area contributed by atoms with E-state index in [1.54, 1.807) is 4.90 Å². The fraction of sp³-hybridized carbons (Fsp3) is 0.857. The number of carbonyl (C=O) groups excluding carboxylic acids is 1. The van der Waals surface area contributed by atoms with Crippen LogP contribution in [0, 0.1) is 0 Å². The zero-order chi connectivity index (χ0) is 18.1. The standard InChI is InChI=1S/C10H22N2O3.C4H10N3.Pb/c1-4-12(9(13)7-11)8-10(14-5-2)15-6-3;1-2-3-7-4(5)6;/h10H,4-8,11H2,1-3H3;2-3H2,1H3,(H3-,5,6,7);/q;-1;+1. The van der Waals surface area contributed by atoms with Crippen LogP contribution in [-0.4, -0.2) is 88.5 Å². The molecule has 0 atom stereocenters. The second kappa shape index (κ2) is 17.9. The van der Waals surface area contributed by atoms with E-state index in [4.69, 9.17) is 20.9 Å². The van der Waals surface area contributed by atoms with E-state index in [-0.39, 0.29) is 18.7 Å². The Morgan fingerprint density at radius 1 is 1.26 bits per heavy atom. The zero-order valence-corrected chi connectivity index (χ0v) is 18.7. The number of nitrogens with one attached hydrogen (secondary N) is 1. The van der Waals surface area contributed by atoms with Crippen LogP contribution in [0.4, 0.5) is 0 Å². The fourth-order valence-electron chi connectivity index (χ4n) is 1.51. The molecule has 5 N–H and O–H groups in total. The number of guanidine groups is 1. The van der Waals surface area contributed by atoms with Crippen LogP contribution in [0.15, 0.2) is 4.99 Å². The summed E-state index contributed by atoms with van der Waals surface area (Å²) in [5, 5.41) is 0. The van der Waals surface area contributed by atoms with Crippen LogP contribution >= 0.6 is 0 Å². The molecular weight excluding hydrogens is 493 g/mol. The molecule has 0 unspecified atom stereocenters. The maximum atomic E-state index is 11.4. The van der Waals surface area contributed by atoms with Gasteiger partial charge < -0.3 is 20.1 Å². The number of aliphatic imine (C=N–C) groups is 1. The summed E-state index contributed by atoms with van der Waals surface area (Å²) in [5.74, 6) is 0.500. The molecule has 0 aliphatic rings. The molecule has 23 heavy (non-hydrogen) atoms. The third-order valence-electron chi connectivity index (χ3n) is 2.62. The van der Waals surface area contributed by atoms with Crippen molar-refractivity contribution in [2.45, 2.75) is 40.4 Å². The van der Waals surface area contributed by atoms with Gasteiger partial charge in [-0.3, -0.25) is 4.79 Å². The van der Waals surface area contributed by atoms with Gasteiger partial charge in [-0.15, -0.1) is 0 Å². The summed E-state index contributed by atoms with van der Waals surface area (Å²) in [4.78, 5) is 17.0. The molecule has 0 bridgehead atoms. The SMILES string of the molecule is CCCN=C(N)[NH][Pb].CCOC(CN(CC)C(=O)CN)OCC. The summed E-state index contributed by atoms with van der Waals surface area (Å²) >= 11 is 0.884. The Morgan fingerprint density at radius 2 is 1.83 bits per heavy atom. The topological polar surface area (TPSA) is 115 Å². The first kappa shape index (κ1) is 24.8. The average molecular weight is 526 g/mol. The number of amides is 1. The summed E-state index contributed by atoms with van der Waals surface area (Å²) in [6, 6.07) is 0. The van der Waals surface area contributed by atoms with Crippen molar-refractivity contribution in [3.63, 3.8) is 0 Å². The van der Waals surface area contributed by atoms with Gasteiger partial charge in [0.05, 0.1) is 13.1 Å². The Kier molecular flexibility index (Phi) is 19.3. The van der Waals surface area contributed by atoms with E-state index >= 15 is 0 Å². The Hall–Kier alpha value is -0.458. The Bertz CT molecular complexity index is 313. The molecule has 0 aromatic rings. The molecule has 0 heterocycles. The first-order valence-electron chi connectivity index (χ1n) is 7.94. The van der Waals surface area contributed by atoms with Crippen molar-refractivity contribution in [3.8, 4) is 0 Å². The normalized spacial score (nSPS) is 11.0. The monoisotopic (exact) mass is 526 g/mol. The molecule has 3 radical (unpaired) electrons. The molecule has 0 aromatic carbocycles. The van der Waals surface area contributed by atoms with Crippen LogP contribution < -0.4 is 14.6 Å². The summed E-state index contributed by atoms with van der Waals surface area (Å²) in [6.45, 7) is 10.8. The van der Waals surface area contributed by atoms with Gasteiger partial charge >= 0.3 is 65.8 Å². The van der Waals surface area contributed by atoms with E-state index in [1.807, 2.05) is 20.8 Å². The van der Waals surface area contributed by atoms with Crippen LogP contribution in [0.25, 0.3) is 0 Å². The summed E-state index contributed by atoms with van der Waals surface area (Å²) < 4.78 is 13.6. The molecule has 8 nitrogen and oxygen atoms in total. The first-order chi connectivity index (χ1) is 11.0. The van der Waals surface area contributed by atoms with Crippen molar-refractivity contribution < 1.29 is 14.3 Å². The number of rotatable bonds is 10. The maximum absolute atomic E-state index is 11.4. The molecule has 0 saturated carbocycles. The fourth-order valence-corrected chi connectivity index (χ4v) is 1.82. The number of carbonyl (C=O) groups is 1. The molecule has 135 valence electrons. The number of nitrogens with zero attached hydrogens (tertiary/aromatic N) is 2. The molecule has 0 saturated heterocycles. The van der Waals surface area contributed by atoms with E-state index in [1.165, 1.54) is 0 Å². The minimum absolute atomic E-state index is 0.0266. The Morgan fingerprint density at radius 3 is 2.17 bits per heavy atom. The molecular formula is C14H32N5O3Pb. The number of ether oxygens (including phenoxy) is 2. The van der Waals surface area contributed by atoms with E-state index in [0.717, 1.165) is 39.0 Å². The van der Waals surface area contributed by atoms with Crippen LogP contribution in [0.3, 0.4) is 0 Å². The largest absolute Gasteiger partial charge is 0.351 e. The predicted octanol–water partition coefficient (Wildman–Crippen LogP) is -0.423. The van der Waals surface area contributed by atoms with Gasteiger partial charge in [-0.1, -0.05) is 0 Å². The van der Waals surface area contributed by atoms with Crippen molar-refractivity contribution in [1.29, 1.82) is 0 Å².